The summed E-state index contributed by atoms with van der Waals surface area (Å²) in [5, 5.41) is 2.03. The Bertz CT molecular complexity index is 801. The van der Waals surface area contributed by atoms with E-state index in [4.69, 9.17) is 4.74 Å². The molecule has 0 aliphatic heterocycles. The lowest BCUT2D eigenvalue weighted by molar-refractivity contribution is 0.335. The van der Waals surface area contributed by atoms with Crippen LogP contribution in [-0.4, -0.2) is 31.9 Å². The molecule has 2 aromatic rings. The van der Waals surface area contributed by atoms with Crippen LogP contribution >= 0.6 is 11.3 Å². The number of aryl methyl sites for hydroxylation is 2. The van der Waals surface area contributed by atoms with Gasteiger partial charge in [-0.3, -0.25) is 0 Å². The van der Waals surface area contributed by atoms with Crippen LogP contribution in [0.3, 0.4) is 0 Å². The Labute approximate surface area is 154 Å². The summed E-state index contributed by atoms with van der Waals surface area (Å²) in [6, 6.07) is 7.71. The van der Waals surface area contributed by atoms with Crippen molar-refractivity contribution >= 4 is 21.4 Å². The normalized spacial score (nSPS) is 14.9. The van der Waals surface area contributed by atoms with Crippen LogP contribution in [0.4, 0.5) is 0 Å². The maximum absolute atomic E-state index is 13.2. The summed E-state index contributed by atoms with van der Waals surface area (Å²) >= 11 is 1.68. The highest BCUT2D eigenvalue weighted by Gasteiger charge is 2.38. The van der Waals surface area contributed by atoms with Gasteiger partial charge in [0.15, 0.2) is 0 Å². The molecule has 1 aliphatic rings. The molecule has 0 spiro atoms. The largest absolute Gasteiger partial charge is 0.493 e. The standard InChI is InChI=1S/C19H25NO3S2/c1-4-23-19-14(2)12-18(13-15(19)3)25(21,22)20(16-7-8-16)10-9-17-6-5-11-24-17/h5-6,11-13,16H,4,7-10H2,1-3H3. The Hall–Kier alpha value is -1.37. The molecule has 1 saturated carbocycles. The quantitative estimate of drug-likeness (QED) is 0.692. The number of hydrogen-bond donors (Lipinski definition) is 0. The van der Waals surface area contributed by atoms with Gasteiger partial charge in [-0.25, -0.2) is 8.42 Å². The summed E-state index contributed by atoms with van der Waals surface area (Å²) in [6.45, 7) is 6.86. The van der Waals surface area contributed by atoms with Crippen LogP contribution in [0.15, 0.2) is 34.5 Å². The van der Waals surface area contributed by atoms with E-state index in [1.165, 1.54) is 4.88 Å². The van der Waals surface area contributed by atoms with Crippen LogP contribution in [0.25, 0.3) is 0 Å². The topological polar surface area (TPSA) is 46.6 Å². The molecule has 0 N–H and O–H groups in total. The van der Waals surface area contributed by atoms with Gasteiger partial charge < -0.3 is 4.74 Å². The van der Waals surface area contributed by atoms with Gasteiger partial charge in [0.05, 0.1) is 11.5 Å². The predicted molar refractivity (Wildman–Crippen MR) is 102 cm³/mol. The van der Waals surface area contributed by atoms with Crippen molar-refractivity contribution < 1.29 is 13.2 Å². The average Bonchev–Trinajstić information content (AvgIpc) is 3.25. The molecule has 25 heavy (non-hydrogen) atoms. The summed E-state index contributed by atoms with van der Waals surface area (Å²) in [5.74, 6) is 0.790. The van der Waals surface area contributed by atoms with Gasteiger partial charge in [0.1, 0.15) is 5.75 Å². The Morgan fingerprint density at radius 2 is 1.92 bits per heavy atom. The summed E-state index contributed by atoms with van der Waals surface area (Å²) in [5.41, 5.74) is 1.74. The predicted octanol–water partition coefficient (Wildman–Crippen LogP) is 4.16. The molecule has 4 nitrogen and oxygen atoms in total. The number of thiophene rings is 1. The molecule has 0 atom stereocenters. The second-order valence-electron chi connectivity index (χ2n) is 6.50. The zero-order chi connectivity index (χ0) is 18.0. The third-order valence-corrected chi connectivity index (χ3v) is 7.31. The molecule has 1 aromatic carbocycles. The molecular weight excluding hydrogens is 354 g/mol. The highest BCUT2D eigenvalue weighted by atomic mass is 32.2. The molecule has 136 valence electrons. The fourth-order valence-electron chi connectivity index (χ4n) is 3.10. The summed E-state index contributed by atoms with van der Waals surface area (Å²) < 4.78 is 33.8. The molecule has 0 saturated heterocycles. The van der Waals surface area contributed by atoms with Crippen LogP contribution in [0.1, 0.15) is 35.8 Å². The van der Waals surface area contributed by atoms with Crippen LogP contribution in [-0.2, 0) is 16.4 Å². The maximum atomic E-state index is 13.2. The van der Waals surface area contributed by atoms with Gasteiger partial charge in [-0.05, 0) is 74.7 Å². The molecule has 0 unspecified atom stereocenters. The Balaban J connectivity index is 1.87. The fraction of sp³-hybridized carbons (Fsp3) is 0.474. The van der Waals surface area contributed by atoms with Crippen molar-refractivity contribution in [2.75, 3.05) is 13.2 Å². The van der Waals surface area contributed by atoms with Gasteiger partial charge in [-0.2, -0.15) is 4.31 Å². The smallest absolute Gasteiger partial charge is 0.243 e. The zero-order valence-corrected chi connectivity index (χ0v) is 16.6. The second kappa shape index (κ2) is 7.48. The van der Waals surface area contributed by atoms with E-state index in [-0.39, 0.29) is 6.04 Å². The van der Waals surface area contributed by atoms with E-state index in [0.29, 0.717) is 18.0 Å². The molecule has 1 aliphatic carbocycles. The maximum Gasteiger partial charge on any atom is 0.243 e. The summed E-state index contributed by atoms with van der Waals surface area (Å²) in [7, 11) is -3.49. The second-order valence-corrected chi connectivity index (χ2v) is 9.42. The third kappa shape index (κ3) is 4.07. The number of sulfonamides is 1. The van der Waals surface area contributed by atoms with E-state index in [0.717, 1.165) is 36.1 Å². The Morgan fingerprint density at radius 3 is 2.44 bits per heavy atom. The molecule has 0 bridgehead atoms. The van der Waals surface area contributed by atoms with Crippen molar-refractivity contribution in [3.8, 4) is 5.75 Å². The van der Waals surface area contributed by atoms with Crippen LogP contribution in [0.2, 0.25) is 0 Å². The molecule has 3 rings (SSSR count). The fourth-order valence-corrected chi connectivity index (χ4v) is 5.66. The monoisotopic (exact) mass is 379 g/mol. The lowest BCUT2D eigenvalue weighted by atomic mass is 10.1. The van der Waals surface area contributed by atoms with Gasteiger partial charge in [-0.15, -0.1) is 11.3 Å². The van der Waals surface area contributed by atoms with E-state index in [1.807, 2.05) is 32.2 Å². The first-order chi connectivity index (χ1) is 11.9. The number of ether oxygens (including phenoxy) is 1. The average molecular weight is 380 g/mol. The molecular formula is C19H25NO3S2. The van der Waals surface area contributed by atoms with Gasteiger partial charge in [-0.1, -0.05) is 6.07 Å². The van der Waals surface area contributed by atoms with E-state index < -0.39 is 10.0 Å². The first-order valence-electron chi connectivity index (χ1n) is 8.71. The van der Waals surface area contributed by atoms with Crippen molar-refractivity contribution in [2.24, 2.45) is 0 Å². The SMILES string of the molecule is CCOc1c(C)cc(S(=O)(=O)N(CCc2cccs2)C2CC2)cc1C. The molecule has 1 heterocycles. The number of rotatable bonds is 8. The molecule has 6 heteroatoms. The van der Waals surface area contributed by atoms with Crippen LogP contribution in [0.5, 0.6) is 5.75 Å². The minimum atomic E-state index is -3.49. The number of benzene rings is 1. The first kappa shape index (κ1) is 18.4. The van der Waals surface area contributed by atoms with Crippen molar-refractivity contribution in [1.29, 1.82) is 0 Å². The van der Waals surface area contributed by atoms with Gasteiger partial charge >= 0.3 is 0 Å². The van der Waals surface area contributed by atoms with Crippen molar-refractivity contribution in [3.05, 3.63) is 45.6 Å². The highest BCUT2D eigenvalue weighted by molar-refractivity contribution is 7.89. The number of hydrogen-bond acceptors (Lipinski definition) is 4. The molecule has 1 aromatic heterocycles. The third-order valence-electron chi connectivity index (χ3n) is 4.44. The van der Waals surface area contributed by atoms with Crippen molar-refractivity contribution in [2.45, 2.75) is 51.0 Å². The molecule has 1 fully saturated rings. The van der Waals surface area contributed by atoms with Gasteiger partial charge in [0.2, 0.25) is 10.0 Å². The lowest BCUT2D eigenvalue weighted by Crippen LogP contribution is -2.35. The Kier molecular flexibility index (Phi) is 5.51. The zero-order valence-electron chi connectivity index (χ0n) is 15.0. The highest BCUT2D eigenvalue weighted by Crippen LogP contribution is 2.34. The summed E-state index contributed by atoms with van der Waals surface area (Å²) in [6.07, 6.45) is 2.68. The van der Waals surface area contributed by atoms with E-state index >= 15 is 0 Å². The van der Waals surface area contributed by atoms with E-state index in [2.05, 4.69) is 6.07 Å². The van der Waals surface area contributed by atoms with Crippen molar-refractivity contribution in [1.82, 2.24) is 4.31 Å². The van der Waals surface area contributed by atoms with Crippen LogP contribution < -0.4 is 4.74 Å². The van der Waals surface area contributed by atoms with Gasteiger partial charge in [0, 0.05) is 17.5 Å². The van der Waals surface area contributed by atoms with E-state index in [9.17, 15) is 8.42 Å². The van der Waals surface area contributed by atoms with Crippen molar-refractivity contribution in [3.63, 3.8) is 0 Å². The molecule has 0 radical (unpaired) electrons. The minimum absolute atomic E-state index is 0.150. The first-order valence-corrected chi connectivity index (χ1v) is 11.0. The number of nitrogens with zero attached hydrogens (tertiary/aromatic N) is 1. The van der Waals surface area contributed by atoms with Gasteiger partial charge in [0.25, 0.3) is 0 Å². The summed E-state index contributed by atoms with van der Waals surface area (Å²) in [4.78, 5) is 1.60. The van der Waals surface area contributed by atoms with E-state index in [1.54, 1.807) is 27.8 Å². The Morgan fingerprint density at radius 1 is 1.24 bits per heavy atom. The van der Waals surface area contributed by atoms with Crippen LogP contribution in [0, 0.1) is 13.8 Å². The molecule has 0 amide bonds. The lowest BCUT2D eigenvalue weighted by Gasteiger charge is -2.23. The minimum Gasteiger partial charge on any atom is -0.493 e.